The van der Waals surface area contributed by atoms with Crippen molar-refractivity contribution in [3.05, 3.63) is 35.7 Å². The molecule has 146 valence electrons. The first-order valence-corrected chi connectivity index (χ1v) is 9.89. The molecule has 8 heteroatoms. The molecule has 5 rings (SSSR count). The molecule has 3 heterocycles. The minimum absolute atomic E-state index is 0.0439. The molecule has 2 amide bonds. The fourth-order valence-corrected chi connectivity index (χ4v) is 3.77. The summed E-state index contributed by atoms with van der Waals surface area (Å²) in [6, 6.07) is 8.33. The molecule has 1 atom stereocenters. The topological polar surface area (TPSA) is 100 Å². The highest BCUT2D eigenvalue weighted by molar-refractivity contribution is 5.77. The Labute approximate surface area is 162 Å². The zero-order chi connectivity index (χ0) is 19.1. The second-order valence-corrected chi connectivity index (χ2v) is 7.91. The molecular weight excluding hydrogens is 358 g/mol. The second-order valence-electron chi connectivity index (χ2n) is 7.91. The van der Waals surface area contributed by atoms with Crippen LogP contribution < -0.4 is 5.32 Å². The Balaban J connectivity index is 1.12. The molecule has 0 spiro atoms. The highest BCUT2D eigenvalue weighted by atomic mass is 16.6. The predicted molar refractivity (Wildman–Crippen MR) is 101 cm³/mol. The maximum atomic E-state index is 12.3. The van der Waals surface area contributed by atoms with Gasteiger partial charge >= 0.3 is 6.09 Å². The van der Waals surface area contributed by atoms with Gasteiger partial charge in [0.15, 0.2) is 11.6 Å². The van der Waals surface area contributed by atoms with Crippen molar-refractivity contribution in [2.75, 3.05) is 19.7 Å². The summed E-state index contributed by atoms with van der Waals surface area (Å²) in [6.45, 7) is 1.86. The van der Waals surface area contributed by atoms with Crippen LogP contribution >= 0.6 is 0 Å². The summed E-state index contributed by atoms with van der Waals surface area (Å²) < 4.78 is 4.85. The van der Waals surface area contributed by atoms with Crippen molar-refractivity contribution in [2.24, 2.45) is 0 Å². The number of amides is 2. The van der Waals surface area contributed by atoms with Crippen molar-refractivity contribution in [1.29, 1.82) is 0 Å². The van der Waals surface area contributed by atoms with Gasteiger partial charge in [-0.2, -0.15) is 5.10 Å². The van der Waals surface area contributed by atoms with Crippen LogP contribution in [-0.4, -0.2) is 57.8 Å². The van der Waals surface area contributed by atoms with Gasteiger partial charge in [-0.1, -0.05) is 24.3 Å². The lowest BCUT2D eigenvalue weighted by Crippen LogP contribution is -2.48. The van der Waals surface area contributed by atoms with Crippen molar-refractivity contribution in [1.82, 2.24) is 25.4 Å². The first kappa shape index (κ1) is 17.2. The van der Waals surface area contributed by atoms with Gasteiger partial charge in [-0.3, -0.25) is 9.89 Å². The number of likely N-dealkylation sites (tertiary alicyclic amines) is 1. The first-order valence-electron chi connectivity index (χ1n) is 9.89. The number of carbonyl (C=O) groups excluding carboxylic acids is 2. The SMILES string of the molecule is O=C1N[C@H](CCC(=O)N2CC(c3ccc(-c4nc(C5CC5)n[nH]4)cc3)C2)CO1. The summed E-state index contributed by atoms with van der Waals surface area (Å²) in [7, 11) is 0. The Kier molecular flexibility index (Phi) is 4.26. The number of nitrogens with zero attached hydrogens (tertiary/aromatic N) is 3. The molecule has 0 bridgehead atoms. The van der Waals surface area contributed by atoms with Gasteiger partial charge in [0, 0.05) is 36.9 Å². The fourth-order valence-electron chi connectivity index (χ4n) is 3.77. The molecule has 1 aromatic carbocycles. The van der Waals surface area contributed by atoms with Crippen LogP contribution in [0.4, 0.5) is 4.79 Å². The van der Waals surface area contributed by atoms with Crippen LogP contribution in [-0.2, 0) is 9.53 Å². The third kappa shape index (κ3) is 3.46. The van der Waals surface area contributed by atoms with E-state index >= 15 is 0 Å². The number of benzene rings is 1. The summed E-state index contributed by atoms with van der Waals surface area (Å²) in [5.41, 5.74) is 2.28. The summed E-state index contributed by atoms with van der Waals surface area (Å²) in [5, 5.41) is 10.0. The number of ether oxygens (including phenoxy) is 1. The molecule has 2 N–H and O–H groups in total. The Morgan fingerprint density at radius 2 is 1.96 bits per heavy atom. The van der Waals surface area contributed by atoms with Crippen molar-refractivity contribution < 1.29 is 14.3 Å². The average molecular weight is 381 g/mol. The number of aromatic nitrogens is 3. The van der Waals surface area contributed by atoms with Gasteiger partial charge in [-0.15, -0.1) is 0 Å². The molecule has 2 saturated heterocycles. The van der Waals surface area contributed by atoms with Gasteiger partial charge in [0.2, 0.25) is 5.91 Å². The predicted octanol–water partition coefficient (Wildman–Crippen LogP) is 2.16. The lowest BCUT2D eigenvalue weighted by Gasteiger charge is -2.40. The quantitative estimate of drug-likeness (QED) is 0.799. The summed E-state index contributed by atoms with van der Waals surface area (Å²) >= 11 is 0. The highest BCUT2D eigenvalue weighted by Crippen LogP contribution is 2.38. The molecule has 0 radical (unpaired) electrons. The molecular formula is C20H23N5O3. The van der Waals surface area contributed by atoms with Gasteiger partial charge in [0.05, 0.1) is 6.04 Å². The van der Waals surface area contributed by atoms with Gasteiger partial charge in [0.1, 0.15) is 6.61 Å². The molecule has 28 heavy (non-hydrogen) atoms. The van der Waals surface area contributed by atoms with E-state index in [1.54, 1.807) is 0 Å². The number of hydrogen-bond donors (Lipinski definition) is 2. The first-order chi connectivity index (χ1) is 13.7. The van der Waals surface area contributed by atoms with E-state index in [2.05, 4.69) is 44.8 Å². The minimum Gasteiger partial charge on any atom is -0.447 e. The van der Waals surface area contributed by atoms with E-state index in [-0.39, 0.29) is 18.0 Å². The van der Waals surface area contributed by atoms with Crippen LogP contribution in [0, 0.1) is 0 Å². The molecule has 1 saturated carbocycles. The van der Waals surface area contributed by atoms with Crippen molar-refractivity contribution in [3.63, 3.8) is 0 Å². The molecule has 1 aromatic heterocycles. The van der Waals surface area contributed by atoms with Crippen LogP contribution in [0.15, 0.2) is 24.3 Å². The lowest BCUT2D eigenvalue weighted by molar-refractivity contribution is -0.135. The van der Waals surface area contributed by atoms with E-state index in [0.29, 0.717) is 31.3 Å². The largest absolute Gasteiger partial charge is 0.447 e. The standard InChI is InChI=1S/C20H23N5O3/c26-17(8-7-16-11-28-20(27)21-16)25-9-15(10-25)12-1-3-13(4-2-12)18-22-19(24-23-18)14-5-6-14/h1-4,14-16H,5-11H2,(H,21,27)(H,22,23,24)/t16-/m1/s1. The Morgan fingerprint density at radius 1 is 1.18 bits per heavy atom. The number of alkyl carbamates (subject to hydrolysis) is 1. The lowest BCUT2D eigenvalue weighted by atomic mass is 9.90. The normalized spacial score (nSPS) is 21.9. The van der Waals surface area contributed by atoms with Crippen LogP contribution in [0.5, 0.6) is 0 Å². The molecule has 3 aliphatic rings. The average Bonchev–Trinajstić information content (AvgIpc) is 3.24. The number of nitrogens with one attached hydrogen (secondary N) is 2. The van der Waals surface area contributed by atoms with Crippen molar-refractivity contribution >= 4 is 12.0 Å². The van der Waals surface area contributed by atoms with E-state index in [1.807, 2.05) is 4.90 Å². The van der Waals surface area contributed by atoms with Gasteiger partial charge in [-0.25, -0.2) is 9.78 Å². The maximum absolute atomic E-state index is 12.3. The number of carbonyl (C=O) groups is 2. The van der Waals surface area contributed by atoms with E-state index in [9.17, 15) is 9.59 Å². The summed E-state index contributed by atoms with van der Waals surface area (Å²) in [6.07, 6.45) is 3.06. The van der Waals surface area contributed by atoms with E-state index in [1.165, 1.54) is 18.4 Å². The highest BCUT2D eigenvalue weighted by Gasteiger charge is 2.32. The van der Waals surface area contributed by atoms with Crippen LogP contribution in [0.2, 0.25) is 0 Å². The molecule has 2 aliphatic heterocycles. The Bertz CT molecular complexity index is 884. The second kappa shape index (κ2) is 6.92. The van der Waals surface area contributed by atoms with Gasteiger partial charge in [0.25, 0.3) is 0 Å². The number of aromatic amines is 1. The zero-order valence-electron chi connectivity index (χ0n) is 15.6. The van der Waals surface area contributed by atoms with Crippen LogP contribution in [0.25, 0.3) is 11.4 Å². The number of rotatable bonds is 6. The summed E-state index contributed by atoms with van der Waals surface area (Å²) in [4.78, 5) is 29.8. The third-order valence-electron chi connectivity index (χ3n) is 5.78. The maximum Gasteiger partial charge on any atom is 0.407 e. The van der Waals surface area contributed by atoms with Crippen LogP contribution in [0.3, 0.4) is 0 Å². The monoisotopic (exact) mass is 381 g/mol. The number of hydrogen-bond acceptors (Lipinski definition) is 5. The van der Waals surface area contributed by atoms with E-state index in [4.69, 9.17) is 4.74 Å². The van der Waals surface area contributed by atoms with Crippen molar-refractivity contribution in [2.45, 2.75) is 43.6 Å². The zero-order valence-corrected chi connectivity index (χ0v) is 15.6. The third-order valence-corrected chi connectivity index (χ3v) is 5.78. The molecule has 0 unspecified atom stereocenters. The van der Waals surface area contributed by atoms with Crippen LogP contribution in [0.1, 0.15) is 48.9 Å². The molecule has 3 fully saturated rings. The smallest absolute Gasteiger partial charge is 0.407 e. The molecule has 8 nitrogen and oxygen atoms in total. The van der Waals surface area contributed by atoms with E-state index in [0.717, 1.165) is 30.3 Å². The Hall–Kier alpha value is -2.90. The number of H-pyrrole nitrogens is 1. The van der Waals surface area contributed by atoms with Crippen molar-refractivity contribution in [3.8, 4) is 11.4 Å². The Morgan fingerprint density at radius 3 is 2.64 bits per heavy atom. The fraction of sp³-hybridized carbons (Fsp3) is 0.500. The van der Waals surface area contributed by atoms with E-state index < -0.39 is 0 Å². The van der Waals surface area contributed by atoms with Gasteiger partial charge < -0.3 is 15.0 Å². The molecule has 1 aliphatic carbocycles. The summed E-state index contributed by atoms with van der Waals surface area (Å²) in [5.74, 6) is 2.81. The number of cyclic esters (lactones) is 1. The minimum atomic E-state index is -0.390. The molecule has 2 aromatic rings. The van der Waals surface area contributed by atoms with Gasteiger partial charge in [-0.05, 0) is 24.8 Å².